The number of nitro groups is 1. The van der Waals surface area contributed by atoms with Gasteiger partial charge in [-0.1, -0.05) is 17.7 Å². The number of carbonyl (C=O) groups excluding carboxylic acids is 1. The number of hydrogen-bond donors (Lipinski definition) is 1. The first-order chi connectivity index (χ1) is 14.2. The van der Waals surface area contributed by atoms with Gasteiger partial charge in [0.05, 0.1) is 16.7 Å². The Labute approximate surface area is 179 Å². The Kier molecular flexibility index (Phi) is 5.22. The summed E-state index contributed by atoms with van der Waals surface area (Å²) in [6.45, 7) is 0.0722. The maximum absolute atomic E-state index is 14.3. The number of sulfonamides is 1. The number of amides is 1. The third kappa shape index (κ3) is 3.76. The van der Waals surface area contributed by atoms with Gasteiger partial charge in [0.1, 0.15) is 10.3 Å². The van der Waals surface area contributed by atoms with Gasteiger partial charge in [0.2, 0.25) is 5.91 Å². The number of nitrogens with zero attached hydrogens (tertiary/aromatic N) is 2. The summed E-state index contributed by atoms with van der Waals surface area (Å²) in [5, 5.41) is 11.9. The number of anilines is 1. The van der Waals surface area contributed by atoms with Crippen LogP contribution in [0.1, 0.15) is 6.42 Å². The molecule has 1 atom stereocenters. The molecule has 1 fully saturated rings. The van der Waals surface area contributed by atoms with Crippen molar-refractivity contribution in [3.63, 3.8) is 0 Å². The van der Waals surface area contributed by atoms with E-state index in [1.54, 1.807) is 18.2 Å². The van der Waals surface area contributed by atoms with E-state index >= 15 is 0 Å². The third-order valence-corrected chi connectivity index (χ3v) is 7.94. The Hall–Kier alpha value is -2.60. The van der Waals surface area contributed by atoms with Crippen molar-refractivity contribution in [1.29, 1.82) is 0 Å². The van der Waals surface area contributed by atoms with E-state index < -0.39 is 38.4 Å². The molecule has 0 radical (unpaired) electrons. The minimum atomic E-state index is -3.99. The van der Waals surface area contributed by atoms with E-state index in [1.165, 1.54) is 6.07 Å². The van der Waals surface area contributed by atoms with E-state index in [-0.39, 0.29) is 22.9 Å². The van der Waals surface area contributed by atoms with Crippen LogP contribution in [0.3, 0.4) is 0 Å². The lowest BCUT2D eigenvalue weighted by Gasteiger charge is -2.17. The molecule has 1 aliphatic rings. The van der Waals surface area contributed by atoms with Crippen molar-refractivity contribution in [2.45, 2.75) is 16.7 Å². The van der Waals surface area contributed by atoms with Gasteiger partial charge in [0.15, 0.2) is 5.82 Å². The lowest BCUT2D eigenvalue weighted by atomic mass is 10.2. The third-order valence-electron chi connectivity index (χ3n) is 4.66. The summed E-state index contributed by atoms with van der Waals surface area (Å²) < 4.78 is 42.9. The number of thiophene rings is 1. The van der Waals surface area contributed by atoms with Crippen molar-refractivity contribution >= 4 is 60.3 Å². The highest BCUT2D eigenvalue weighted by Crippen LogP contribution is 2.32. The average Bonchev–Trinajstić information content (AvgIpc) is 3.26. The summed E-state index contributed by atoms with van der Waals surface area (Å²) in [5.74, 6) is -1.56. The van der Waals surface area contributed by atoms with Crippen LogP contribution in [0, 0.1) is 15.9 Å². The Bertz CT molecular complexity index is 1290. The Morgan fingerprint density at radius 1 is 1.23 bits per heavy atom. The fourth-order valence-corrected chi connectivity index (χ4v) is 6.13. The second-order valence-electron chi connectivity index (χ2n) is 6.59. The van der Waals surface area contributed by atoms with E-state index in [4.69, 9.17) is 11.6 Å². The van der Waals surface area contributed by atoms with E-state index in [0.717, 1.165) is 34.4 Å². The number of non-ortho nitro benzene ring substituents is 1. The lowest BCUT2D eigenvalue weighted by molar-refractivity contribution is -0.385. The smallest absolute Gasteiger partial charge is 0.272 e. The topological polar surface area (TPSA) is 110 Å². The first kappa shape index (κ1) is 20.7. The molecule has 1 N–H and O–H groups in total. The minimum Gasteiger partial charge on any atom is -0.308 e. The predicted molar refractivity (Wildman–Crippen MR) is 111 cm³/mol. The second-order valence-corrected chi connectivity index (χ2v) is 10.1. The minimum absolute atomic E-state index is 0.0348. The monoisotopic (exact) mass is 469 g/mol. The van der Waals surface area contributed by atoms with Gasteiger partial charge in [0.25, 0.3) is 15.7 Å². The number of nitro benzene ring substituents is 1. The van der Waals surface area contributed by atoms with E-state index in [2.05, 4.69) is 4.72 Å². The molecule has 0 spiro atoms. The van der Waals surface area contributed by atoms with Crippen molar-refractivity contribution in [1.82, 2.24) is 4.72 Å². The Morgan fingerprint density at radius 2 is 2.00 bits per heavy atom. The summed E-state index contributed by atoms with van der Waals surface area (Å²) in [4.78, 5) is 23.8. The summed E-state index contributed by atoms with van der Waals surface area (Å²) in [7, 11) is -3.99. The summed E-state index contributed by atoms with van der Waals surface area (Å²) in [6, 6.07) is 8.38. The second kappa shape index (κ2) is 7.58. The molecule has 0 saturated carbocycles. The van der Waals surface area contributed by atoms with Gasteiger partial charge in [-0.05, 0) is 36.1 Å². The predicted octanol–water partition coefficient (Wildman–Crippen LogP) is 3.69. The van der Waals surface area contributed by atoms with Crippen LogP contribution in [0.5, 0.6) is 0 Å². The standard InChI is InChI=1S/C18H13ClFN3O5S2/c19-11-2-1-10-7-17(29-16(10)8-11)30(27,28)21-14-5-6-22(18(14)24)15-4-3-12(23(25)26)9-13(15)20/h1-4,7-9,14,21H,5-6H2/t14-/m1/s1. The van der Waals surface area contributed by atoms with Crippen molar-refractivity contribution in [3.05, 3.63) is 63.4 Å². The highest BCUT2D eigenvalue weighted by molar-refractivity contribution is 7.91. The van der Waals surface area contributed by atoms with Crippen LogP contribution in [0.4, 0.5) is 15.8 Å². The number of nitrogens with one attached hydrogen (secondary N) is 1. The molecule has 3 aromatic rings. The number of carbonyl (C=O) groups is 1. The molecule has 0 bridgehead atoms. The molecule has 1 aliphatic heterocycles. The number of hydrogen-bond acceptors (Lipinski definition) is 6. The molecule has 2 aromatic carbocycles. The first-order valence-corrected chi connectivity index (χ1v) is 11.3. The molecular formula is C18H13ClFN3O5S2. The summed E-state index contributed by atoms with van der Waals surface area (Å²) >= 11 is 6.96. The highest BCUT2D eigenvalue weighted by Gasteiger charge is 2.37. The Morgan fingerprint density at radius 3 is 2.70 bits per heavy atom. The van der Waals surface area contributed by atoms with Gasteiger partial charge < -0.3 is 4.90 Å². The molecule has 1 amide bonds. The van der Waals surface area contributed by atoms with Crippen LogP contribution in [0.2, 0.25) is 5.02 Å². The van der Waals surface area contributed by atoms with Crippen LogP contribution < -0.4 is 9.62 Å². The van der Waals surface area contributed by atoms with E-state index in [1.807, 2.05) is 0 Å². The van der Waals surface area contributed by atoms with Crippen LogP contribution in [0.25, 0.3) is 10.1 Å². The molecule has 30 heavy (non-hydrogen) atoms. The fourth-order valence-electron chi connectivity index (χ4n) is 3.22. The number of fused-ring (bicyclic) bond motifs is 1. The summed E-state index contributed by atoms with van der Waals surface area (Å²) in [6.07, 6.45) is 0.130. The molecule has 0 aliphatic carbocycles. The van der Waals surface area contributed by atoms with Crippen molar-refractivity contribution in [3.8, 4) is 0 Å². The van der Waals surface area contributed by atoms with E-state index in [0.29, 0.717) is 15.1 Å². The molecule has 0 unspecified atom stereocenters. The zero-order chi connectivity index (χ0) is 21.6. The van der Waals surface area contributed by atoms with Crippen LogP contribution in [0.15, 0.2) is 46.7 Å². The molecular weight excluding hydrogens is 457 g/mol. The fraction of sp³-hybridized carbons (Fsp3) is 0.167. The Balaban J connectivity index is 1.55. The zero-order valence-electron chi connectivity index (χ0n) is 15.0. The largest absolute Gasteiger partial charge is 0.308 e. The quantitative estimate of drug-likeness (QED) is 0.452. The zero-order valence-corrected chi connectivity index (χ0v) is 17.4. The SMILES string of the molecule is O=C1[C@H](NS(=O)(=O)c2cc3ccc(Cl)cc3s2)CCN1c1ccc([N+](=O)[O-])cc1F. The van der Waals surface area contributed by atoms with Crippen LogP contribution in [-0.2, 0) is 14.8 Å². The van der Waals surface area contributed by atoms with Crippen LogP contribution >= 0.6 is 22.9 Å². The van der Waals surface area contributed by atoms with Gasteiger partial charge >= 0.3 is 0 Å². The van der Waals surface area contributed by atoms with Gasteiger partial charge in [-0.3, -0.25) is 14.9 Å². The maximum Gasteiger partial charge on any atom is 0.272 e. The lowest BCUT2D eigenvalue weighted by Crippen LogP contribution is -2.41. The molecule has 4 rings (SSSR count). The van der Waals surface area contributed by atoms with E-state index in [9.17, 15) is 27.7 Å². The number of benzene rings is 2. The van der Waals surface area contributed by atoms with Crippen LogP contribution in [-0.4, -0.2) is 31.8 Å². The number of rotatable bonds is 5. The molecule has 12 heteroatoms. The molecule has 2 heterocycles. The van der Waals surface area contributed by atoms with Crippen molar-refractivity contribution in [2.75, 3.05) is 11.4 Å². The summed E-state index contributed by atoms with van der Waals surface area (Å²) in [5.41, 5.74) is -0.575. The molecule has 8 nitrogen and oxygen atoms in total. The molecule has 1 saturated heterocycles. The van der Waals surface area contributed by atoms with Gasteiger partial charge in [0, 0.05) is 22.3 Å². The van der Waals surface area contributed by atoms with Gasteiger partial charge in [-0.2, -0.15) is 4.72 Å². The highest BCUT2D eigenvalue weighted by atomic mass is 35.5. The van der Waals surface area contributed by atoms with Gasteiger partial charge in [-0.25, -0.2) is 12.8 Å². The first-order valence-electron chi connectivity index (χ1n) is 8.62. The van der Waals surface area contributed by atoms with Crippen molar-refractivity contribution in [2.24, 2.45) is 0 Å². The molecule has 156 valence electrons. The molecule has 1 aromatic heterocycles. The van der Waals surface area contributed by atoms with Gasteiger partial charge in [-0.15, -0.1) is 11.3 Å². The maximum atomic E-state index is 14.3. The number of halogens is 2. The average molecular weight is 470 g/mol. The van der Waals surface area contributed by atoms with Crippen molar-refractivity contribution < 1.29 is 22.5 Å². The normalized spacial score (nSPS) is 17.1.